The van der Waals surface area contributed by atoms with Crippen molar-refractivity contribution in [2.75, 3.05) is 18.0 Å². The molecule has 0 radical (unpaired) electrons. The van der Waals surface area contributed by atoms with Gasteiger partial charge in [0.25, 0.3) is 0 Å². The predicted molar refractivity (Wildman–Crippen MR) is 96.2 cm³/mol. The third-order valence-electron chi connectivity index (χ3n) is 5.05. The number of aromatic amines is 1. The quantitative estimate of drug-likeness (QED) is 0.713. The Bertz CT molecular complexity index is 1060. The second kappa shape index (κ2) is 6.62. The normalized spacial score (nSPS) is 18.8. The second-order valence-electron chi connectivity index (χ2n) is 6.89. The monoisotopic (exact) mass is 393 g/mol. The summed E-state index contributed by atoms with van der Waals surface area (Å²) in [6, 6.07) is 2.70. The molecule has 0 saturated carbocycles. The van der Waals surface area contributed by atoms with Crippen LogP contribution in [0, 0.1) is 0 Å². The summed E-state index contributed by atoms with van der Waals surface area (Å²) in [5, 5.41) is 10.2. The van der Waals surface area contributed by atoms with Gasteiger partial charge in [0.05, 0.1) is 41.4 Å². The van der Waals surface area contributed by atoms with Crippen LogP contribution in [0.4, 0.5) is 19.0 Å². The SMILES string of the molecule is C[C@@H](c1cnc[nH]1)n1c(=O)nc(N2CCC(O)C2)c2ccc(C(F)(F)F)cc21. The molecule has 7 nitrogen and oxygen atoms in total. The van der Waals surface area contributed by atoms with Crippen molar-refractivity contribution in [2.24, 2.45) is 0 Å². The first-order chi connectivity index (χ1) is 13.3. The van der Waals surface area contributed by atoms with Gasteiger partial charge >= 0.3 is 11.9 Å². The van der Waals surface area contributed by atoms with E-state index in [0.29, 0.717) is 29.9 Å². The van der Waals surface area contributed by atoms with E-state index in [0.717, 1.165) is 12.1 Å². The highest BCUT2D eigenvalue weighted by Crippen LogP contribution is 2.35. The predicted octanol–water partition coefficient (Wildman–Crippen LogP) is 2.32. The zero-order valence-corrected chi connectivity index (χ0v) is 14.9. The summed E-state index contributed by atoms with van der Waals surface area (Å²) in [5.41, 5.74) is -0.797. The maximum absolute atomic E-state index is 13.3. The Morgan fingerprint density at radius 2 is 2.14 bits per heavy atom. The van der Waals surface area contributed by atoms with Crippen LogP contribution in [-0.4, -0.2) is 43.8 Å². The number of H-pyrrole nitrogens is 1. The van der Waals surface area contributed by atoms with E-state index in [1.807, 2.05) is 0 Å². The number of β-amino-alcohol motifs (C(OH)–C–C–N with tert-alkyl or cyclic N) is 1. The summed E-state index contributed by atoms with van der Waals surface area (Å²) in [6.45, 7) is 2.45. The maximum Gasteiger partial charge on any atom is 0.416 e. The van der Waals surface area contributed by atoms with Gasteiger partial charge in [-0.2, -0.15) is 18.2 Å². The first-order valence-corrected chi connectivity index (χ1v) is 8.80. The number of benzene rings is 1. The van der Waals surface area contributed by atoms with Crippen LogP contribution in [0.2, 0.25) is 0 Å². The van der Waals surface area contributed by atoms with Crippen molar-refractivity contribution in [2.45, 2.75) is 31.7 Å². The summed E-state index contributed by atoms with van der Waals surface area (Å²) in [4.78, 5) is 25.5. The number of imidazole rings is 1. The topological polar surface area (TPSA) is 87.0 Å². The van der Waals surface area contributed by atoms with E-state index in [1.54, 1.807) is 11.8 Å². The summed E-state index contributed by atoms with van der Waals surface area (Å²) in [6.07, 6.45) is -1.64. The second-order valence-corrected chi connectivity index (χ2v) is 6.89. The molecule has 10 heteroatoms. The summed E-state index contributed by atoms with van der Waals surface area (Å²) >= 11 is 0. The molecule has 1 aromatic carbocycles. The van der Waals surface area contributed by atoms with Gasteiger partial charge < -0.3 is 15.0 Å². The third kappa shape index (κ3) is 3.13. The molecule has 2 atom stereocenters. The van der Waals surface area contributed by atoms with Crippen LogP contribution in [0.1, 0.15) is 30.6 Å². The van der Waals surface area contributed by atoms with Crippen LogP contribution < -0.4 is 10.6 Å². The van der Waals surface area contributed by atoms with Gasteiger partial charge in [0.2, 0.25) is 0 Å². The molecule has 1 saturated heterocycles. The number of halogens is 3. The average Bonchev–Trinajstić information content (AvgIpc) is 3.31. The van der Waals surface area contributed by atoms with Crippen molar-refractivity contribution in [3.05, 3.63) is 52.5 Å². The Morgan fingerprint density at radius 1 is 1.36 bits per heavy atom. The summed E-state index contributed by atoms with van der Waals surface area (Å²) < 4.78 is 41.2. The number of anilines is 1. The number of aliphatic hydroxyl groups excluding tert-OH is 1. The lowest BCUT2D eigenvalue weighted by Gasteiger charge is -2.23. The number of hydrogen-bond acceptors (Lipinski definition) is 5. The van der Waals surface area contributed by atoms with Gasteiger partial charge in [-0.1, -0.05) is 0 Å². The minimum atomic E-state index is -4.54. The number of aromatic nitrogens is 4. The molecule has 1 aliphatic rings. The largest absolute Gasteiger partial charge is 0.416 e. The van der Waals surface area contributed by atoms with E-state index >= 15 is 0 Å². The zero-order chi connectivity index (χ0) is 20.1. The molecule has 0 bridgehead atoms. The Balaban J connectivity index is 1.97. The Hall–Kier alpha value is -2.88. The third-order valence-corrected chi connectivity index (χ3v) is 5.05. The van der Waals surface area contributed by atoms with Gasteiger partial charge in [-0.25, -0.2) is 9.78 Å². The lowest BCUT2D eigenvalue weighted by Crippen LogP contribution is -2.31. The van der Waals surface area contributed by atoms with E-state index in [9.17, 15) is 23.1 Å². The van der Waals surface area contributed by atoms with Crippen LogP contribution in [0.15, 0.2) is 35.5 Å². The van der Waals surface area contributed by atoms with Crippen LogP contribution in [-0.2, 0) is 6.18 Å². The molecule has 28 heavy (non-hydrogen) atoms. The number of hydrogen-bond donors (Lipinski definition) is 2. The van der Waals surface area contributed by atoms with E-state index < -0.39 is 29.6 Å². The first-order valence-electron chi connectivity index (χ1n) is 8.80. The molecule has 0 aliphatic carbocycles. The van der Waals surface area contributed by atoms with Crippen LogP contribution in [0.25, 0.3) is 10.9 Å². The number of rotatable bonds is 3. The minimum Gasteiger partial charge on any atom is -0.391 e. The molecule has 3 aromatic rings. The molecular formula is C18H18F3N5O2. The van der Waals surface area contributed by atoms with Crippen LogP contribution in [0.3, 0.4) is 0 Å². The highest BCUT2D eigenvalue weighted by atomic mass is 19.4. The molecule has 4 rings (SSSR count). The Labute approximate surface area is 157 Å². The molecular weight excluding hydrogens is 375 g/mol. The molecule has 0 amide bonds. The molecule has 1 aliphatic heterocycles. The Kier molecular flexibility index (Phi) is 4.37. The molecule has 2 N–H and O–H groups in total. The van der Waals surface area contributed by atoms with Gasteiger partial charge in [-0.15, -0.1) is 0 Å². The summed E-state index contributed by atoms with van der Waals surface area (Å²) in [7, 11) is 0. The standard InChI is InChI=1S/C18H18F3N5O2/c1-10(14-7-22-9-23-14)26-15-6-11(18(19,20)21)2-3-13(15)16(24-17(26)28)25-5-4-12(27)8-25/h2-3,6-7,9-10,12,27H,4-5,8H2,1H3,(H,22,23)/t10-,12?/m0/s1. The summed E-state index contributed by atoms with van der Waals surface area (Å²) in [5.74, 6) is 0.290. The van der Waals surface area contributed by atoms with Gasteiger partial charge in [0.1, 0.15) is 5.82 Å². The molecule has 2 aromatic heterocycles. The number of alkyl halides is 3. The van der Waals surface area contributed by atoms with Crippen LogP contribution in [0.5, 0.6) is 0 Å². The molecule has 0 spiro atoms. The average molecular weight is 393 g/mol. The maximum atomic E-state index is 13.3. The fraction of sp³-hybridized carbons (Fsp3) is 0.389. The molecule has 148 valence electrons. The lowest BCUT2D eigenvalue weighted by atomic mass is 10.1. The smallest absolute Gasteiger partial charge is 0.391 e. The van der Waals surface area contributed by atoms with Crippen molar-refractivity contribution in [1.29, 1.82) is 0 Å². The highest BCUT2D eigenvalue weighted by molar-refractivity contribution is 5.90. The fourth-order valence-electron chi connectivity index (χ4n) is 3.59. The van der Waals surface area contributed by atoms with E-state index in [2.05, 4.69) is 15.0 Å². The first kappa shape index (κ1) is 18.5. The van der Waals surface area contributed by atoms with Gasteiger partial charge in [0.15, 0.2) is 0 Å². The number of aliphatic hydroxyl groups is 1. The number of nitrogens with one attached hydrogen (secondary N) is 1. The van der Waals surface area contributed by atoms with Crippen LogP contribution >= 0.6 is 0 Å². The lowest BCUT2D eigenvalue weighted by molar-refractivity contribution is -0.137. The molecule has 1 unspecified atom stereocenters. The fourth-order valence-corrected chi connectivity index (χ4v) is 3.59. The molecule has 3 heterocycles. The van der Waals surface area contributed by atoms with E-state index in [1.165, 1.54) is 23.2 Å². The van der Waals surface area contributed by atoms with E-state index in [-0.39, 0.29) is 12.1 Å². The van der Waals surface area contributed by atoms with E-state index in [4.69, 9.17) is 0 Å². The van der Waals surface area contributed by atoms with Crippen molar-refractivity contribution in [3.63, 3.8) is 0 Å². The highest BCUT2D eigenvalue weighted by Gasteiger charge is 2.32. The minimum absolute atomic E-state index is 0.133. The van der Waals surface area contributed by atoms with Crippen molar-refractivity contribution in [3.8, 4) is 0 Å². The van der Waals surface area contributed by atoms with Crippen molar-refractivity contribution < 1.29 is 18.3 Å². The number of nitrogens with zero attached hydrogens (tertiary/aromatic N) is 4. The van der Waals surface area contributed by atoms with Crippen molar-refractivity contribution in [1.82, 2.24) is 19.5 Å². The van der Waals surface area contributed by atoms with Crippen molar-refractivity contribution >= 4 is 16.7 Å². The zero-order valence-electron chi connectivity index (χ0n) is 14.9. The Morgan fingerprint density at radius 3 is 2.75 bits per heavy atom. The van der Waals surface area contributed by atoms with Gasteiger partial charge in [-0.05, 0) is 31.5 Å². The van der Waals surface area contributed by atoms with Gasteiger partial charge in [0, 0.05) is 18.5 Å². The van der Waals surface area contributed by atoms with Gasteiger partial charge in [-0.3, -0.25) is 4.57 Å². The number of fused-ring (bicyclic) bond motifs is 1. The molecule has 1 fully saturated rings.